The number of hydrogen-bond acceptors (Lipinski definition) is 8. The Hall–Kier alpha value is -4.39. The van der Waals surface area contributed by atoms with Gasteiger partial charge in [-0.25, -0.2) is 0 Å². The SMILES string of the molecule is C[C@H](NC(=O)[C@@H]1CC2(CN1C(=O)CNC(=O)c1ccc3c(c1)Oc1ccccc1S3)OCCO2)c1cc2cnccc2[nH]1. The zero-order chi connectivity index (χ0) is 29.6. The summed E-state index contributed by atoms with van der Waals surface area (Å²) in [6, 6.07) is 15.5. The molecule has 0 radical (unpaired) electrons. The number of likely N-dealkylation sites (tertiary alicyclic amines) is 1. The largest absolute Gasteiger partial charge is 0.455 e. The molecule has 2 saturated heterocycles. The molecular weight excluding hydrogens is 570 g/mol. The molecule has 3 amide bonds. The van der Waals surface area contributed by atoms with Crippen molar-refractivity contribution in [2.24, 2.45) is 0 Å². The van der Waals surface area contributed by atoms with Gasteiger partial charge in [-0.2, -0.15) is 0 Å². The number of H-pyrrole nitrogens is 1. The van der Waals surface area contributed by atoms with Crippen LogP contribution in [-0.2, 0) is 19.1 Å². The summed E-state index contributed by atoms with van der Waals surface area (Å²) < 4.78 is 17.7. The van der Waals surface area contributed by atoms with E-state index in [1.165, 1.54) is 4.90 Å². The third-order valence-corrected chi connectivity index (χ3v) is 9.00. The van der Waals surface area contributed by atoms with Gasteiger partial charge in [0.25, 0.3) is 5.91 Å². The number of para-hydroxylation sites is 1. The van der Waals surface area contributed by atoms with E-state index in [-0.39, 0.29) is 31.5 Å². The summed E-state index contributed by atoms with van der Waals surface area (Å²) in [6.45, 7) is 2.44. The molecule has 7 rings (SSSR count). The van der Waals surface area contributed by atoms with E-state index < -0.39 is 23.6 Å². The molecule has 12 heteroatoms. The number of nitrogens with one attached hydrogen (secondary N) is 3. The Morgan fingerprint density at radius 1 is 1.09 bits per heavy atom. The highest BCUT2D eigenvalue weighted by molar-refractivity contribution is 7.99. The fraction of sp³-hybridized carbons (Fsp3) is 0.290. The van der Waals surface area contributed by atoms with Gasteiger partial charge >= 0.3 is 0 Å². The molecule has 43 heavy (non-hydrogen) atoms. The molecule has 1 spiro atoms. The molecule has 4 aromatic rings. The number of aromatic amines is 1. The van der Waals surface area contributed by atoms with Crippen LogP contribution in [-0.4, -0.2) is 70.7 Å². The van der Waals surface area contributed by atoms with E-state index in [9.17, 15) is 14.4 Å². The van der Waals surface area contributed by atoms with Crippen molar-refractivity contribution in [1.29, 1.82) is 0 Å². The highest BCUT2D eigenvalue weighted by Gasteiger charge is 2.52. The molecule has 2 aromatic carbocycles. The molecule has 3 N–H and O–H groups in total. The third-order valence-electron chi connectivity index (χ3n) is 7.89. The molecule has 5 heterocycles. The second-order valence-electron chi connectivity index (χ2n) is 10.8. The molecule has 2 fully saturated rings. The Kier molecular flexibility index (Phi) is 7.04. The first-order chi connectivity index (χ1) is 20.9. The van der Waals surface area contributed by atoms with Gasteiger partial charge in [0.1, 0.15) is 17.5 Å². The third kappa shape index (κ3) is 5.33. The van der Waals surface area contributed by atoms with E-state index in [0.29, 0.717) is 24.5 Å². The topological polar surface area (TPSA) is 135 Å². The van der Waals surface area contributed by atoms with E-state index in [1.807, 2.05) is 49.4 Å². The molecule has 0 bridgehead atoms. The van der Waals surface area contributed by atoms with Gasteiger partial charge in [0.2, 0.25) is 11.8 Å². The van der Waals surface area contributed by atoms with Crippen LogP contribution < -0.4 is 15.4 Å². The monoisotopic (exact) mass is 599 g/mol. The Labute approximate surface area is 251 Å². The molecule has 3 aliphatic rings. The second kappa shape index (κ2) is 11.0. The highest BCUT2D eigenvalue weighted by Crippen LogP contribution is 2.47. The van der Waals surface area contributed by atoms with Gasteiger partial charge in [0.15, 0.2) is 5.79 Å². The second-order valence-corrected chi connectivity index (χ2v) is 11.8. The Balaban J connectivity index is 1.02. The zero-order valence-corrected chi connectivity index (χ0v) is 24.1. The van der Waals surface area contributed by atoms with Crippen LogP contribution in [0, 0.1) is 0 Å². The fourth-order valence-electron chi connectivity index (χ4n) is 5.69. The lowest BCUT2D eigenvalue weighted by molar-refractivity contribution is -0.152. The van der Waals surface area contributed by atoms with E-state index in [0.717, 1.165) is 32.1 Å². The number of pyridine rings is 1. The average molecular weight is 600 g/mol. The van der Waals surface area contributed by atoms with Gasteiger partial charge in [0, 0.05) is 41.0 Å². The lowest BCUT2D eigenvalue weighted by Gasteiger charge is -2.25. The summed E-state index contributed by atoms with van der Waals surface area (Å²) in [7, 11) is 0. The normalized spacial score (nSPS) is 19.0. The van der Waals surface area contributed by atoms with Crippen molar-refractivity contribution >= 4 is 40.4 Å². The quantitative estimate of drug-likeness (QED) is 0.269. The van der Waals surface area contributed by atoms with E-state index >= 15 is 0 Å². The molecule has 2 atom stereocenters. The van der Waals surface area contributed by atoms with E-state index in [4.69, 9.17) is 14.2 Å². The van der Waals surface area contributed by atoms with Crippen molar-refractivity contribution in [3.8, 4) is 11.5 Å². The van der Waals surface area contributed by atoms with Crippen molar-refractivity contribution in [3.05, 3.63) is 78.2 Å². The minimum atomic E-state index is -1.04. The number of hydrogen-bond donors (Lipinski definition) is 3. The van der Waals surface area contributed by atoms with Crippen LogP contribution in [0.15, 0.2) is 76.8 Å². The number of carbonyl (C=O) groups excluding carboxylic acids is 3. The van der Waals surface area contributed by atoms with Gasteiger partial charge in [-0.1, -0.05) is 23.9 Å². The van der Waals surface area contributed by atoms with Gasteiger partial charge in [-0.05, 0) is 49.4 Å². The number of rotatable bonds is 6. The number of carbonyl (C=O) groups is 3. The summed E-state index contributed by atoms with van der Waals surface area (Å²) in [5.41, 5.74) is 2.10. The Bertz CT molecular complexity index is 1700. The Morgan fingerprint density at radius 2 is 1.91 bits per heavy atom. The van der Waals surface area contributed by atoms with Crippen LogP contribution in [0.1, 0.15) is 35.4 Å². The van der Waals surface area contributed by atoms with Crippen LogP contribution in [0.5, 0.6) is 11.5 Å². The number of ether oxygens (including phenoxy) is 3. The van der Waals surface area contributed by atoms with Gasteiger partial charge in [-0.15, -0.1) is 0 Å². The van der Waals surface area contributed by atoms with Crippen molar-refractivity contribution in [2.75, 3.05) is 26.3 Å². The number of amides is 3. The fourth-order valence-corrected chi connectivity index (χ4v) is 6.62. The summed E-state index contributed by atoms with van der Waals surface area (Å²) in [4.78, 5) is 50.8. The highest BCUT2D eigenvalue weighted by atomic mass is 32.2. The molecule has 2 aromatic heterocycles. The summed E-state index contributed by atoms with van der Waals surface area (Å²) in [5, 5.41) is 6.66. The molecule has 0 saturated carbocycles. The number of nitrogens with zero attached hydrogens (tertiary/aromatic N) is 2. The predicted molar refractivity (Wildman–Crippen MR) is 157 cm³/mol. The molecule has 11 nitrogen and oxygen atoms in total. The predicted octanol–water partition coefficient (Wildman–Crippen LogP) is 3.77. The molecule has 0 aliphatic carbocycles. The van der Waals surface area contributed by atoms with Crippen LogP contribution in [0.2, 0.25) is 0 Å². The van der Waals surface area contributed by atoms with Gasteiger partial charge < -0.3 is 34.7 Å². The molecule has 220 valence electrons. The number of fused-ring (bicyclic) bond motifs is 3. The van der Waals surface area contributed by atoms with E-state index in [2.05, 4.69) is 20.6 Å². The minimum absolute atomic E-state index is 0.0928. The maximum atomic E-state index is 13.5. The van der Waals surface area contributed by atoms with Crippen LogP contribution in [0.25, 0.3) is 10.9 Å². The van der Waals surface area contributed by atoms with Crippen molar-refractivity contribution in [1.82, 2.24) is 25.5 Å². The maximum absolute atomic E-state index is 13.5. The average Bonchev–Trinajstić information content (AvgIpc) is 3.77. The first kappa shape index (κ1) is 27.4. The number of benzene rings is 2. The minimum Gasteiger partial charge on any atom is -0.455 e. The standard InChI is InChI=1S/C31H29N5O6S/c1-18(22-12-20-15-32-9-8-21(20)35-22)34-30(39)23-14-31(40-10-11-41-31)17-36(23)28(37)16-33-29(38)19-6-7-27-25(13-19)42-24-4-2-3-5-26(24)43-27/h2-9,12-13,15,18,23,35H,10-11,14,16-17H2,1H3,(H,33,38)(H,34,39)/t18-,23-/m0/s1. The first-order valence-corrected chi connectivity index (χ1v) is 14.9. The van der Waals surface area contributed by atoms with Crippen molar-refractivity contribution < 1.29 is 28.6 Å². The molecule has 3 aliphatic heterocycles. The van der Waals surface area contributed by atoms with Gasteiger partial charge in [-0.3, -0.25) is 19.4 Å². The summed E-state index contributed by atoms with van der Waals surface area (Å²) in [6.07, 6.45) is 3.65. The number of aromatic nitrogens is 2. The summed E-state index contributed by atoms with van der Waals surface area (Å²) >= 11 is 1.57. The zero-order valence-electron chi connectivity index (χ0n) is 23.3. The van der Waals surface area contributed by atoms with E-state index in [1.54, 1.807) is 36.3 Å². The lowest BCUT2D eigenvalue weighted by atomic mass is 10.1. The molecule has 0 unspecified atom stereocenters. The van der Waals surface area contributed by atoms with Crippen LogP contribution >= 0.6 is 11.8 Å². The lowest BCUT2D eigenvalue weighted by Crippen LogP contribution is -2.49. The summed E-state index contributed by atoms with van der Waals surface area (Å²) in [5.74, 6) is -0.892. The van der Waals surface area contributed by atoms with Crippen LogP contribution in [0.4, 0.5) is 0 Å². The van der Waals surface area contributed by atoms with Crippen LogP contribution in [0.3, 0.4) is 0 Å². The molecular formula is C31H29N5O6S. The maximum Gasteiger partial charge on any atom is 0.251 e. The van der Waals surface area contributed by atoms with Crippen molar-refractivity contribution in [3.63, 3.8) is 0 Å². The first-order valence-electron chi connectivity index (χ1n) is 14.0. The smallest absolute Gasteiger partial charge is 0.251 e. The van der Waals surface area contributed by atoms with Crippen molar-refractivity contribution in [2.45, 2.75) is 41.0 Å². The van der Waals surface area contributed by atoms with Gasteiger partial charge in [0.05, 0.1) is 42.1 Å². The Morgan fingerprint density at radius 3 is 2.74 bits per heavy atom.